The molecule has 8 N–H and O–H groups in total. The van der Waals surface area contributed by atoms with Crippen molar-refractivity contribution < 1.29 is 19.1 Å². The van der Waals surface area contributed by atoms with Gasteiger partial charge in [0, 0.05) is 58.3 Å². The number of carbonyl (C=O) groups excluding carboxylic acids is 3. The molecular weight excluding hydrogens is 578 g/mol. The predicted octanol–water partition coefficient (Wildman–Crippen LogP) is 3.42. The van der Waals surface area contributed by atoms with Crippen LogP contribution in [-0.2, 0) is 15.1 Å². The molecule has 0 saturated heterocycles. The van der Waals surface area contributed by atoms with E-state index in [0.717, 1.165) is 18.5 Å². The molecule has 226 valence electrons. The quantitative estimate of drug-likeness (QED) is 0.154. The zero-order chi connectivity index (χ0) is 31.3. The van der Waals surface area contributed by atoms with Gasteiger partial charge in [-0.15, -0.1) is 11.3 Å². The molecule has 1 aromatic carbocycles. The molecule has 4 atom stereocenters. The average molecular weight is 612 g/mol. The number of pyridine rings is 2. The molecule has 3 heterocycles. The second-order valence-corrected chi connectivity index (χ2v) is 12.3. The molecule has 2 aliphatic rings. The fourth-order valence-electron chi connectivity index (χ4n) is 6.29. The van der Waals surface area contributed by atoms with Gasteiger partial charge in [0.2, 0.25) is 17.7 Å². The van der Waals surface area contributed by atoms with E-state index in [2.05, 4.69) is 27.2 Å². The molecule has 2 unspecified atom stereocenters. The molecule has 0 radical (unpaired) electrons. The van der Waals surface area contributed by atoms with Crippen molar-refractivity contribution in [2.24, 2.45) is 11.5 Å². The van der Waals surface area contributed by atoms with Crippen LogP contribution >= 0.6 is 11.3 Å². The number of hydrogen-bond acceptors (Lipinski definition) is 10. The summed E-state index contributed by atoms with van der Waals surface area (Å²) in [7, 11) is 0. The van der Waals surface area contributed by atoms with E-state index in [-0.39, 0.29) is 23.9 Å². The van der Waals surface area contributed by atoms with E-state index >= 15 is 0 Å². The SMILES string of the molecule is C=CC(=O)N[C@H]1CCC[C@H]1NC(=O)c1sc2c(N)ccc3c2c1C(N)C(=O)C3(N)c1cnc(Oc2cccc(C)n2)cc1C. The number of thiophene rings is 1. The summed E-state index contributed by atoms with van der Waals surface area (Å²) in [4.78, 5) is 49.0. The maximum atomic E-state index is 14.2. The van der Waals surface area contributed by atoms with Gasteiger partial charge in [-0.05, 0) is 62.4 Å². The van der Waals surface area contributed by atoms with Gasteiger partial charge in [0.05, 0.1) is 15.6 Å². The van der Waals surface area contributed by atoms with Crippen LogP contribution in [0.15, 0.2) is 55.3 Å². The number of rotatable bonds is 7. The van der Waals surface area contributed by atoms with Crippen LogP contribution < -0.4 is 32.6 Å². The van der Waals surface area contributed by atoms with E-state index in [4.69, 9.17) is 21.9 Å². The predicted molar refractivity (Wildman–Crippen MR) is 168 cm³/mol. The van der Waals surface area contributed by atoms with Gasteiger partial charge in [0.1, 0.15) is 5.54 Å². The van der Waals surface area contributed by atoms with Gasteiger partial charge in [-0.2, -0.15) is 0 Å². The molecule has 3 aromatic heterocycles. The first-order valence-corrected chi connectivity index (χ1v) is 15.1. The Hall–Kier alpha value is -4.65. The summed E-state index contributed by atoms with van der Waals surface area (Å²) < 4.78 is 6.48. The minimum absolute atomic E-state index is 0.230. The molecular formula is C32H33N7O4S. The van der Waals surface area contributed by atoms with Gasteiger partial charge in [0.15, 0.2) is 5.78 Å². The van der Waals surface area contributed by atoms with Crippen LogP contribution in [0, 0.1) is 13.8 Å². The lowest BCUT2D eigenvalue weighted by Crippen LogP contribution is -2.53. The summed E-state index contributed by atoms with van der Waals surface area (Å²) in [5.74, 6) is -0.460. The lowest BCUT2D eigenvalue weighted by Gasteiger charge is -2.37. The summed E-state index contributed by atoms with van der Waals surface area (Å²) in [6.07, 6.45) is 5.00. The maximum Gasteiger partial charge on any atom is 0.262 e. The van der Waals surface area contributed by atoms with E-state index in [0.29, 0.717) is 61.1 Å². The fourth-order valence-corrected chi connectivity index (χ4v) is 7.49. The van der Waals surface area contributed by atoms with Gasteiger partial charge in [-0.1, -0.05) is 18.7 Å². The molecule has 2 aliphatic carbocycles. The van der Waals surface area contributed by atoms with Gasteiger partial charge >= 0.3 is 0 Å². The molecule has 0 aliphatic heterocycles. The number of nitrogen functional groups attached to an aromatic ring is 1. The zero-order valence-electron chi connectivity index (χ0n) is 24.3. The largest absolute Gasteiger partial charge is 0.421 e. The highest BCUT2D eigenvalue weighted by Crippen LogP contribution is 2.50. The van der Waals surface area contributed by atoms with Crippen LogP contribution in [0.1, 0.15) is 62.9 Å². The van der Waals surface area contributed by atoms with Crippen LogP contribution in [0.5, 0.6) is 11.8 Å². The maximum absolute atomic E-state index is 14.2. The summed E-state index contributed by atoms with van der Waals surface area (Å²) >= 11 is 1.18. The number of benzene rings is 1. The Morgan fingerprint density at radius 3 is 2.57 bits per heavy atom. The monoisotopic (exact) mass is 611 g/mol. The van der Waals surface area contributed by atoms with Crippen molar-refractivity contribution in [2.75, 3.05) is 5.73 Å². The van der Waals surface area contributed by atoms with E-state index in [9.17, 15) is 14.4 Å². The topological polar surface area (TPSA) is 188 Å². The van der Waals surface area contributed by atoms with Crippen molar-refractivity contribution in [1.82, 2.24) is 20.6 Å². The van der Waals surface area contributed by atoms with E-state index < -0.39 is 17.4 Å². The van der Waals surface area contributed by atoms with E-state index in [1.807, 2.05) is 26.0 Å². The third kappa shape index (κ3) is 4.80. The summed E-state index contributed by atoms with van der Waals surface area (Å²) in [6, 6.07) is 8.82. The zero-order valence-corrected chi connectivity index (χ0v) is 25.2. The number of amides is 2. The lowest BCUT2D eigenvalue weighted by molar-refractivity contribution is -0.124. The highest BCUT2D eigenvalue weighted by atomic mass is 32.1. The molecule has 6 rings (SSSR count). The van der Waals surface area contributed by atoms with Crippen LogP contribution in [0.25, 0.3) is 10.1 Å². The van der Waals surface area contributed by atoms with Crippen molar-refractivity contribution in [3.63, 3.8) is 0 Å². The number of nitrogens with one attached hydrogen (secondary N) is 2. The first kappa shape index (κ1) is 29.4. The molecule has 1 fully saturated rings. The number of aromatic nitrogens is 2. The molecule has 44 heavy (non-hydrogen) atoms. The molecule has 4 aromatic rings. The van der Waals surface area contributed by atoms with Crippen molar-refractivity contribution in [3.05, 3.63) is 88.1 Å². The van der Waals surface area contributed by atoms with Crippen molar-refractivity contribution in [3.8, 4) is 11.8 Å². The molecule has 1 saturated carbocycles. The van der Waals surface area contributed by atoms with Crippen LogP contribution in [0.3, 0.4) is 0 Å². The third-order valence-corrected chi connectivity index (χ3v) is 9.70. The first-order valence-electron chi connectivity index (χ1n) is 14.3. The number of nitrogens with two attached hydrogens (primary N) is 3. The average Bonchev–Trinajstić information content (AvgIpc) is 3.61. The minimum Gasteiger partial charge on any atom is -0.421 e. The molecule has 11 nitrogen and oxygen atoms in total. The number of aryl methyl sites for hydroxylation is 2. The Balaban J connectivity index is 1.39. The highest BCUT2D eigenvalue weighted by molar-refractivity contribution is 7.21. The lowest BCUT2D eigenvalue weighted by atomic mass is 9.70. The van der Waals surface area contributed by atoms with Crippen LogP contribution in [0.4, 0.5) is 5.69 Å². The normalized spacial score (nSPS) is 22.5. The number of ketones is 1. The van der Waals surface area contributed by atoms with E-state index in [1.165, 1.54) is 23.6 Å². The first-order chi connectivity index (χ1) is 21.0. The third-order valence-electron chi connectivity index (χ3n) is 8.45. The highest BCUT2D eigenvalue weighted by Gasteiger charge is 2.49. The second kappa shape index (κ2) is 11.1. The summed E-state index contributed by atoms with van der Waals surface area (Å²) in [5.41, 5.74) is 21.7. The molecule has 0 bridgehead atoms. The van der Waals surface area contributed by atoms with Crippen LogP contribution in [-0.4, -0.2) is 39.6 Å². The molecule has 0 spiro atoms. The Morgan fingerprint density at radius 2 is 1.86 bits per heavy atom. The molecule has 12 heteroatoms. The Kier molecular flexibility index (Phi) is 7.44. The van der Waals surface area contributed by atoms with Gasteiger partial charge in [-0.25, -0.2) is 9.97 Å². The fraction of sp³-hybridized carbons (Fsp3) is 0.281. The number of anilines is 1. The Bertz CT molecular complexity index is 1850. The van der Waals surface area contributed by atoms with Crippen molar-refractivity contribution in [1.29, 1.82) is 0 Å². The van der Waals surface area contributed by atoms with Crippen molar-refractivity contribution in [2.45, 2.75) is 56.8 Å². The number of ether oxygens (including phenoxy) is 1. The molecule has 2 amide bonds. The van der Waals surface area contributed by atoms with Gasteiger partial charge in [0.25, 0.3) is 5.91 Å². The summed E-state index contributed by atoms with van der Waals surface area (Å²) in [6.45, 7) is 7.19. The van der Waals surface area contributed by atoms with Crippen LogP contribution in [0.2, 0.25) is 0 Å². The summed E-state index contributed by atoms with van der Waals surface area (Å²) in [5, 5.41) is 6.54. The van der Waals surface area contributed by atoms with Gasteiger partial charge in [-0.3, -0.25) is 14.4 Å². The number of Topliss-reactive ketones (excluding diaryl/α,β-unsaturated/α-hetero) is 1. The van der Waals surface area contributed by atoms with Gasteiger partial charge < -0.3 is 32.6 Å². The van der Waals surface area contributed by atoms with Crippen molar-refractivity contribution >= 4 is 44.7 Å². The standard InChI is InChI=1S/C32H33N7O4S/c1-4-22(40)38-20-8-6-9-21(20)39-31(42)29-26-25-17(11-12-19(33)28(25)44-29)32(35,30(41)27(26)34)18-14-36-24(13-15(18)2)43-23-10-5-7-16(3)37-23/h4-5,7,10-14,20-21,27H,1,6,8-9,33-35H2,2-3H3,(H,38,40)(H,39,42)/t20-,21+,27?,32?/m0/s1. The second-order valence-electron chi connectivity index (χ2n) is 11.3. The Morgan fingerprint density at radius 1 is 1.11 bits per heavy atom. The Labute approximate surface area is 257 Å². The number of carbonyl (C=O) groups is 3. The minimum atomic E-state index is -1.66. The smallest absolute Gasteiger partial charge is 0.262 e. The number of hydrogen-bond donors (Lipinski definition) is 5. The number of nitrogens with zero attached hydrogens (tertiary/aromatic N) is 2. The van der Waals surface area contributed by atoms with E-state index in [1.54, 1.807) is 24.3 Å².